The van der Waals surface area contributed by atoms with Gasteiger partial charge in [-0.05, 0) is 30.3 Å². The molecule has 1 heterocycles. The lowest BCUT2D eigenvalue weighted by Gasteiger charge is -2.19. The van der Waals surface area contributed by atoms with Gasteiger partial charge in [0.2, 0.25) is 5.91 Å². The molecule has 0 radical (unpaired) electrons. The van der Waals surface area contributed by atoms with Gasteiger partial charge in [0, 0.05) is 18.0 Å². The monoisotopic (exact) mass is 436 g/mol. The van der Waals surface area contributed by atoms with Crippen molar-refractivity contribution in [3.63, 3.8) is 0 Å². The average molecular weight is 437 g/mol. The van der Waals surface area contributed by atoms with Crippen LogP contribution in [0.5, 0.6) is 5.75 Å². The third-order valence-corrected chi connectivity index (χ3v) is 4.95. The highest BCUT2D eigenvalue weighted by atomic mass is 35.5. The lowest BCUT2D eigenvalue weighted by atomic mass is 10.1. The van der Waals surface area contributed by atoms with Gasteiger partial charge in [-0.3, -0.25) is 14.4 Å². The van der Waals surface area contributed by atoms with Crippen molar-refractivity contribution in [2.24, 2.45) is 5.92 Å². The van der Waals surface area contributed by atoms with Crippen molar-refractivity contribution in [3.8, 4) is 5.75 Å². The third kappa shape index (κ3) is 4.99. The summed E-state index contributed by atoms with van der Waals surface area (Å²) in [7, 11) is 1.51. The maximum absolute atomic E-state index is 12.4. The molecule has 152 valence electrons. The number of carbonyl (C=O) groups excluding carboxylic acids is 3. The van der Waals surface area contributed by atoms with E-state index >= 15 is 0 Å². The number of hydrogen-bond donors (Lipinski definition) is 1. The van der Waals surface area contributed by atoms with E-state index in [0.717, 1.165) is 0 Å². The molecule has 9 heteroatoms. The van der Waals surface area contributed by atoms with Gasteiger partial charge in [0.15, 0.2) is 6.61 Å². The zero-order valence-corrected chi connectivity index (χ0v) is 17.0. The summed E-state index contributed by atoms with van der Waals surface area (Å²) in [4.78, 5) is 38.2. The van der Waals surface area contributed by atoms with Crippen LogP contribution in [0.2, 0.25) is 10.0 Å². The van der Waals surface area contributed by atoms with Crippen molar-refractivity contribution in [2.45, 2.75) is 6.42 Å². The van der Waals surface area contributed by atoms with Gasteiger partial charge in [-0.25, -0.2) is 0 Å². The average Bonchev–Trinajstić information content (AvgIpc) is 3.10. The fraction of sp³-hybridized carbons (Fsp3) is 0.250. The minimum Gasteiger partial charge on any atom is -0.495 e. The molecule has 2 amide bonds. The van der Waals surface area contributed by atoms with Crippen LogP contribution >= 0.6 is 23.2 Å². The zero-order chi connectivity index (χ0) is 21.0. The number of hydrogen-bond acceptors (Lipinski definition) is 5. The molecule has 2 aromatic carbocycles. The maximum Gasteiger partial charge on any atom is 0.311 e. The number of amides is 2. The maximum atomic E-state index is 12.4. The Morgan fingerprint density at radius 1 is 1.21 bits per heavy atom. The molecule has 0 aliphatic carbocycles. The molecular weight excluding hydrogens is 419 g/mol. The van der Waals surface area contributed by atoms with Crippen LogP contribution in [-0.4, -0.2) is 38.0 Å². The number of carbonyl (C=O) groups is 3. The van der Waals surface area contributed by atoms with E-state index in [4.69, 9.17) is 32.7 Å². The van der Waals surface area contributed by atoms with Gasteiger partial charge in [0.05, 0.1) is 29.4 Å². The summed E-state index contributed by atoms with van der Waals surface area (Å²) in [5.41, 5.74) is 0.905. The van der Waals surface area contributed by atoms with Gasteiger partial charge in [0.1, 0.15) is 5.75 Å². The summed E-state index contributed by atoms with van der Waals surface area (Å²) in [5.74, 6) is -1.54. The minimum atomic E-state index is -0.671. The Morgan fingerprint density at radius 3 is 2.72 bits per heavy atom. The van der Waals surface area contributed by atoms with Crippen LogP contribution in [-0.2, 0) is 19.1 Å². The van der Waals surface area contributed by atoms with E-state index in [0.29, 0.717) is 27.2 Å². The van der Waals surface area contributed by atoms with Gasteiger partial charge in [-0.2, -0.15) is 0 Å². The molecule has 0 saturated carbocycles. The van der Waals surface area contributed by atoms with Crippen LogP contribution in [0.15, 0.2) is 42.5 Å². The van der Waals surface area contributed by atoms with Gasteiger partial charge < -0.3 is 19.7 Å². The van der Waals surface area contributed by atoms with Crippen LogP contribution in [0.25, 0.3) is 0 Å². The second-order valence-corrected chi connectivity index (χ2v) is 7.20. The summed E-state index contributed by atoms with van der Waals surface area (Å²) in [5, 5.41) is 3.24. The predicted octanol–water partition coefficient (Wildman–Crippen LogP) is 3.54. The van der Waals surface area contributed by atoms with E-state index in [-0.39, 0.29) is 18.9 Å². The first-order valence-electron chi connectivity index (χ1n) is 8.74. The van der Waals surface area contributed by atoms with E-state index in [2.05, 4.69) is 5.32 Å². The van der Waals surface area contributed by atoms with E-state index in [9.17, 15) is 14.4 Å². The lowest BCUT2D eigenvalue weighted by molar-refractivity contribution is -0.151. The number of halogens is 2. The molecule has 29 heavy (non-hydrogen) atoms. The number of nitrogens with one attached hydrogen (secondary N) is 1. The number of ether oxygens (including phenoxy) is 2. The summed E-state index contributed by atoms with van der Waals surface area (Å²) in [6.45, 7) is -0.346. The molecule has 1 fully saturated rings. The Kier molecular flexibility index (Phi) is 6.61. The molecule has 1 N–H and O–H groups in total. The first-order valence-corrected chi connectivity index (χ1v) is 9.49. The molecule has 0 bridgehead atoms. The van der Waals surface area contributed by atoms with E-state index in [1.807, 2.05) is 0 Å². The lowest BCUT2D eigenvalue weighted by Crippen LogP contribution is -2.28. The first kappa shape index (κ1) is 21.0. The topological polar surface area (TPSA) is 84.9 Å². The molecule has 2 aromatic rings. The molecule has 0 unspecified atom stereocenters. The molecular formula is C20H18Cl2N2O5. The Morgan fingerprint density at radius 2 is 1.97 bits per heavy atom. The number of esters is 1. The Bertz CT molecular complexity index is 950. The molecule has 3 rings (SSSR count). The van der Waals surface area contributed by atoms with E-state index in [1.165, 1.54) is 18.1 Å². The second kappa shape index (κ2) is 9.15. The van der Waals surface area contributed by atoms with Gasteiger partial charge >= 0.3 is 5.97 Å². The number of benzene rings is 2. The summed E-state index contributed by atoms with van der Waals surface area (Å²) < 4.78 is 10.4. The van der Waals surface area contributed by atoms with Gasteiger partial charge in [-0.1, -0.05) is 35.3 Å². The first-order chi connectivity index (χ1) is 13.9. The summed E-state index contributed by atoms with van der Waals surface area (Å²) in [6, 6.07) is 11.7. The summed E-state index contributed by atoms with van der Waals surface area (Å²) >= 11 is 11.9. The largest absolute Gasteiger partial charge is 0.495 e. The molecule has 0 aromatic heterocycles. The summed E-state index contributed by atoms with van der Waals surface area (Å²) in [6.07, 6.45) is -0.00137. The van der Waals surface area contributed by atoms with Crippen molar-refractivity contribution < 1.29 is 23.9 Å². The standard InChI is InChI=1S/C20H18Cl2N2O5/c1-28-17-5-3-2-4-16(17)24-10-12(8-19(24)26)20(27)29-11-18(25)23-15-9-13(21)6-7-14(15)22/h2-7,9,12H,8,10-11H2,1H3,(H,23,25)/t12-/m1/s1. The van der Waals surface area contributed by atoms with Crippen molar-refractivity contribution >= 4 is 52.4 Å². The number of methoxy groups -OCH3 is 1. The molecule has 1 saturated heterocycles. The quantitative estimate of drug-likeness (QED) is 0.699. The Labute approximate surface area is 177 Å². The number of nitrogens with zero attached hydrogens (tertiary/aromatic N) is 1. The van der Waals surface area contributed by atoms with E-state index < -0.39 is 24.4 Å². The Balaban J connectivity index is 1.57. The third-order valence-electron chi connectivity index (χ3n) is 4.38. The highest BCUT2D eigenvalue weighted by Crippen LogP contribution is 2.33. The van der Waals surface area contributed by atoms with Crippen molar-refractivity contribution in [3.05, 3.63) is 52.5 Å². The molecule has 1 aliphatic rings. The fourth-order valence-electron chi connectivity index (χ4n) is 2.99. The van der Waals surface area contributed by atoms with Crippen LogP contribution < -0.4 is 15.0 Å². The van der Waals surface area contributed by atoms with Gasteiger partial charge in [0.25, 0.3) is 5.91 Å². The zero-order valence-electron chi connectivity index (χ0n) is 15.5. The van der Waals surface area contributed by atoms with Crippen LogP contribution in [0.1, 0.15) is 6.42 Å². The SMILES string of the molecule is COc1ccccc1N1C[C@H](C(=O)OCC(=O)Nc2cc(Cl)ccc2Cl)CC1=O. The highest BCUT2D eigenvalue weighted by molar-refractivity contribution is 6.35. The number of para-hydroxylation sites is 2. The predicted molar refractivity (Wildman–Crippen MR) is 110 cm³/mol. The van der Waals surface area contributed by atoms with Crippen LogP contribution in [0.4, 0.5) is 11.4 Å². The highest BCUT2D eigenvalue weighted by Gasteiger charge is 2.37. The number of anilines is 2. The van der Waals surface area contributed by atoms with E-state index in [1.54, 1.807) is 36.4 Å². The van der Waals surface area contributed by atoms with Crippen molar-refractivity contribution in [1.82, 2.24) is 0 Å². The minimum absolute atomic E-state index is 0.00137. The van der Waals surface area contributed by atoms with Gasteiger partial charge in [-0.15, -0.1) is 0 Å². The smallest absolute Gasteiger partial charge is 0.311 e. The number of rotatable bonds is 6. The normalized spacial score (nSPS) is 15.9. The van der Waals surface area contributed by atoms with Crippen molar-refractivity contribution in [2.75, 3.05) is 30.5 Å². The fourth-order valence-corrected chi connectivity index (χ4v) is 3.32. The Hall–Kier alpha value is -2.77. The van der Waals surface area contributed by atoms with Crippen molar-refractivity contribution in [1.29, 1.82) is 0 Å². The molecule has 1 atom stereocenters. The molecule has 1 aliphatic heterocycles. The van der Waals surface area contributed by atoms with Crippen LogP contribution in [0, 0.1) is 5.92 Å². The molecule has 0 spiro atoms. The molecule has 7 nitrogen and oxygen atoms in total. The van der Waals surface area contributed by atoms with Crippen LogP contribution in [0.3, 0.4) is 0 Å². The second-order valence-electron chi connectivity index (χ2n) is 6.36.